The van der Waals surface area contributed by atoms with Crippen LogP contribution in [0, 0.1) is 0 Å². The second-order valence-corrected chi connectivity index (χ2v) is 18.6. The highest BCUT2D eigenvalue weighted by molar-refractivity contribution is 8.15. The van der Waals surface area contributed by atoms with Crippen LogP contribution in [0.25, 0.3) is 0 Å². The van der Waals surface area contributed by atoms with Crippen molar-refractivity contribution in [2.75, 3.05) is 32.1 Å². The molecule has 6 nitrogen and oxygen atoms in total. The van der Waals surface area contributed by atoms with E-state index >= 15 is 0 Å². The predicted molar refractivity (Wildman–Crippen MR) is 225 cm³/mol. The molecule has 0 aliphatic heterocycles. The van der Waals surface area contributed by atoms with E-state index < -0.39 is 8.80 Å². The lowest BCUT2D eigenvalue weighted by Gasteiger charge is -2.37. The lowest BCUT2D eigenvalue weighted by molar-refractivity contribution is -0.131. The number of Topliss-reactive ketones (excluding diaryl/α,β-unsaturated/α-hetero) is 1. The highest BCUT2D eigenvalue weighted by Crippen LogP contribution is 2.24. The highest BCUT2D eigenvalue weighted by atomic mass is 32.2. The van der Waals surface area contributed by atoms with Crippen LogP contribution in [-0.2, 0) is 22.9 Å². The van der Waals surface area contributed by atoms with Crippen LogP contribution in [0.2, 0.25) is 6.04 Å². The molecule has 304 valence electrons. The molecule has 0 fully saturated rings. The lowest BCUT2D eigenvalue weighted by Crippen LogP contribution is -2.52. The van der Waals surface area contributed by atoms with Gasteiger partial charge in [-0.25, -0.2) is 0 Å². The van der Waals surface area contributed by atoms with Crippen molar-refractivity contribution in [2.45, 2.75) is 234 Å². The van der Waals surface area contributed by atoms with Crippen LogP contribution in [-0.4, -0.2) is 62.9 Å². The number of hydrogen-bond donors (Lipinski definition) is 0. The number of carbonyl (C=O) groups is 2. The number of carbonyl (C=O) groups excluding carboxylic acids is 2. The maximum Gasteiger partial charge on any atom is 0.502 e. The number of ketones is 1. The van der Waals surface area contributed by atoms with Gasteiger partial charge in [0.25, 0.3) is 5.12 Å². The van der Waals surface area contributed by atoms with Crippen molar-refractivity contribution in [3.63, 3.8) is 0 Å². The smallest absolute Gasteiger partial charge is 0.374 e. The number of hydrogen-bond acceptors (Lipinski definition) is 7. The summed E-state index contributed by atoms with van der Waals surface area (Å²) in [5, 5.41) is -0.290. The van der Waals surface area contributed by atoms with Gasteiger partial charge in [0.05, 0.1) is 0 Å². The molecule has 0 N–H and O–H groups in total. The van der Waals surface area contributed by atoms with Crippen LogP contribution in [0.3, 0.4) is 0 Å². The summed E-state index contributed by atoms with van der Waals surface area (Å²) >= 11 is 1.17. The molecule has 1 unspecified atom stereocenters. The van der Waals surface area contributed by atoms with Gasteiger partial charge in [0, 0.05) is 44.5 Å². The number of thioether (sulfide) groups is 1. The van der Waals surface area contributed by atoms with Gasteiger partial charge < -0.3 is 13.3 Å². The van der Waals surface area contributed by atoms with E-state index in [1.165, 1.54) is 159 Å². The first-order valence-corrected chi connectivity index (χ1v) is 25.2. The minimum atomic E-state index is -2.96. The molecular weight excluding hydrogens is 671 g/mol. The minimum absolute atomic E-state index is 0.0826. The van der Waals surface area contributed by atoms with Gasteiger partial charge in [0.2, 0.25) is 5.78 Å². The fourth-order valence-electron chi connectivity index (χ4n) is 6.87. The Hall–Kier alpha value is -0.253. The van der Waals surface area contributed by atoms with Crippen LogP contribution >= 0.6 is 11.8 Å². The van der Waals surface area contributed by atoms with E-state index in [-0.39, 0.29) is 17.1 Å². The molecule has 0 heterocycles. The number of nitrogens with zero attached hydrogens (tertiary/aromatic N) is 1. The Kier molecular flexibility index (Phi) is 37.8. The maximum atomic E-state index is 12.6. The Morgan fingerprint density at radius 3 is 1.29 bits per heavy atom. The van der Waals surface area contributed by atoms with Crippen molar-refractivity contribution in [1.82, 2.24) is 4.90 Å². The van der Waals surface area contributed by atoms with E-state index in [9.17, 15) is 9.59 Å². The van der Waals surface area contributed by atoms with E-state index in [1.807, 2.05) is 13.8 Å². The quantitative estimate of drug-likeness (QED) is 0.0266. The molecule has 0 radical (unpaired) electrons. The number of rotatable bonds is 41. The summed E-state index contributed by atoms with van der Waals surface area (Å²) in [6.45, 7) is 16.2. The fourth-order valence-corrected chi connectivity index (χ4v) is 10.6. The lowest BCUT2D eigenvalue weighted by atomic mass is 10.1. The van der Waals surface area contributed by atoms with Crippen molar-refractivity contribution < 1.29 is 22.9 Å². The zero-order valence-electron chi connectivity index (χ0n) is 35.0. The molecular formula is C43H87NO5SSi. The van der Waals surface area contributed by atoms with Crippen molar-refractivity contribution in [3.05, 3.63) is 0 Å². The van der Waals surface area contributed by atoms with Gasteiger partial charge in [0.15, 0.2) is 0 Å². The maximum absolute atomic E-state index is 12.6. The molecule has 0 aromatic rings. The normalized spacial score (nSPS) is 12.6. The van der Waals surface area contributed by atoms with E-state index in [0.29, 0.717) is 31.4 Å². The van der Waals surface area contributed by atoms with Gasteiger partial charge in [-0.3, -0.25) is 14.5 Å². The van der Waals surface area contributed by atoms with Gasteiger partial charge in [-0.1, -0.05) is 180 Å². The van der Waals surface area contributed by atoms with Crippen LogP contribution in [0.5, 0.6) is 0 Å². The molecule has 0 aromatic carbocycles. The molecule has 0 aliphatic carbocycles. The number of unbranched alkanes of at least 4 members (excludes halogenated alkanes) is 23. The molecule has 0 amide bonds. The standard InChI is InChI=1S/C43H87NO5SSi/c1-7-12-15-18-21-24-25-26-29-32-36-42(45)43(46)50-39-35-40-51(47-10-4,48-11-5)49-41(6)44(37-33-30-27-22-19-16-13-8-2)38-34-31-28-23-20-17-14-9-3/h41H,7-40H2,1-6H3. The first-order valence-electron chi connectivity index (χ1n) is 22.3. The van der Waals surface area contributed by atoms with Gasteiger partial charge in [-0.05, 0) is 46.5 Å². The molecule has 1 atom stereocenters. The Morgan fingerprint density at radius 1 is 0.529 bits per heavy atom. The highest BCUT2D eigenvalue weighted by Gasteiger charge is 2.42. The molecule has 8 heteroatoms. The van der Waals surface area contributed by atoms with Gasteiger partial charge in [0.1, 0.15) is 6.23 Å². The Morgan fingerprint density at radius 2 is 0.902 bits per heavy atom. The Balaban J connectivity index is 4.87. The van der Waals surface area contributed by atoms with Gasteiger partial charge >= 0.3 is 8.80 Å². The minimum Gasteiger partial charge on any atom is -0.374 e. The third kappa shape index (κ3) is 30.7. The summed E-state index contributed by atoms with van der Waals surface area (Å²) in [4.78, 5) is 27.7. The van der Waals surface area contributed by atoms with E-state index in [0.717, 1.165) is 38.8 Å². The third-order valence-corrected chi connectivity index (χ3v) is 14.1. The summed E-state index contributed by atoms with van der Waals surface area (Å²) in [7, 11) is -2.96. The first kappa shape index (κ1) is 50.7. The van der Waals surface area contributed by atoms with Crippen molar-refractivity contribution in [2.24, 2.45) is 0 Å². The summed E-state index contributed by atoms with van der Waals surface area (Å²) in [5.74, 6) is 0.371. The predicted octanol–water partition coefficient (Wildman–Crippen LogP) is 13.5. The monoisotopic (exact) mass is 758 g/mol. The molecule has 51 heavy (non-hydrogen) atoms. The Labute approximate surface area is 323 Å². The van der Waals surface area contributed by atoms with Crippen molar-refractivity contribution in [3.8, 4) is 0 Å². The first-order chi connectivity index (χ1) is 24.9. The molecule has 0 rings (SSSR count). The van der Waals surface area contributed by atoms with Crippen molar-refractivity contribution >= 4 is 31.5 Å². The fraction of sp³-hybridized carbons (Fsp3) is 0.953. The second-order valence-electron chi connectivity index (χ2n) is 14.8. The Bertz CT molecular complexity index is 747. The van der Waals surface area contributed by atoms with Crippen LogP contribution in [0.15, 0.2) is 0 Å². The van der Waals surface area contributed by atoms with Crippen LogP contribution < -0.4 is 0 Å². The van der Waals surface area contributed by atoms with Crippen LogP contribution in [0.1, 0.15) is 221 Å². The van der Waals surface area contributed by atoms with E-state index in [2.05, 4.69) is 32.6 Å². The van der Waals surface area contributed by atoms with Gasteiger partial charge in [-0.15, -0.1) is 0 Å². The SMILES string of the molecule is CCCCCCCCCCCCC(=O)C(=O)SCCC[Si](OCC)(OCC)OC(C)N(CCCCCCCCCC)CCCCCCCCCC. The zero-order chi connectivity index (χ0) is 37.7. The van der Waals surface area contributed by atoms with Crippen LogP contribution in [0.4, 0.5) is 0 Å². The zero-order valence-corrected chi connectivity index (χ0v) is 36.8. The molecule has 0 spiro atoms. The average Bonchev–Trinajstić information content (AvgIpc) is 3.12. The van der Waals surface area contributed by atoms with Crippen molar-refractivity contribution in [1.29, 1.82) is 0 Å². The summed E-state index contributed by atoms with van der Waals surface area (Å²) in [5.41, 5.74) is 0. The van der Waals surface area contributed by atoms with E-state index in [4.69, 9.17) is 13.3 Å². The molecule has 0 aromatic heterocycles. The summed E-state index contributed by atoms with van der Waals surface area (Å²) < 4.78 is 19.6. The summed E-state index contributed by atoms with van der Waals surface area (Å²) in [6, 6.07) is 0.662. The molecule has 0 saturated heterocycles. The molecule has 0 saturated carbocycles. The summed E-state index contributed by atoms with van der Waals surface area (Å²) in [6.07, 6.45) is 34.3. The van der Waals surface area contributed by atoms with E-state index in [1.54, 1.807) is 0 Å². The largest absolute Gasteiger partial charge is 0.502 e. The van der Waals surface area contributed by atoms with Gasteiger partial charge in [-0.2, -0.15) is 0 Å². The molecule has 0 bridgehead atoms. The second kappa shape index (κ2) is 38.0. The molecule has 0 aliphatic rings. The topological polar surface area (TPSA) is 65.1 Å². The third-order valence-electron chi connectivity index (χ3n) is 10.0. The average molecular weight is 758 g/mol.